The van der Waals surface area contributed by atoms with E-state index >= 15 is 0 Å². The number of nitro groups is 1. The van der Waals surface area contributed by atoms with Crippen LogP contribution < -0.4 is 0 Å². The first-order valence-corrected chi connectivity index (χ1v) is 6.55. The van der Waals surface area contributed by atoms with Gasteiger partial charge in [0.2, 0.25) is 0 Å². The van der Waals surface area contributed by atoms with Crippen LogP contribution in [0.3, 0.4) is 0 Å². The van der Waals surface area contributed by atoms with Gasteiger partial charge in [-0.25, -0.2) is 4.39 Å². The second kappa shape index (κ2) is 5.83. The van der Waals surface area contributed by atoms with Crippen molar-refractivity contribution >= 4 is 34.3 Å². The van der Waals surface area contributed by atoms with E-state index in [0.29, 0.717) is 0 Å². The van der Waals surface area contributed by atoms with Gasteiger partial charge in [0.05, 0.1) is 33.2 Å². The van der Waals surface area contributed by atoms with Gasteiger partial charge in [-0.2, -0.15) is 0 Å². The lowest BCUT2D eigenvalue weighted by molar-refractivity contribution is -0.383. The number of benzene rings is 1. The van der Waals surface area contributed by atoms with E-state index in [1.165, 1.54) is 18.3 Å². The molecule has 0 spiro atoms. The summed E-state index contributed by atoms with van der Waals surface area (Å²) in [6.45, 7) is 0. The number of fused-ring (bicyclic) bond motifs is 1. The Bertz CT molecular complexity index is 692. The largest absolute Gasteiger partial charge is 0.481 e. The Morgan fingerprint density at radius 3 is 2.95 bits per heavy atom. The lowest BCUT2D eigenvalue weighted by Crippen LogP contribution is -1.98. The quantitative estimate of drug-likeness (QED) is 0.518. The third-order valence-electron chi connectivity index (χ3n) is 2.54. The van der Waals surface area contributed by atoms with Crippen LogP contribution >= 0.6 is 11.8 Å². The molecule has 1 heterocycles. The molecule has 1 N–H and O–H groups in total. The van der Waals surface area contributed by atoms with E-state index in [1.54, 1.807) is 0 Å². The molecule has 0 aliphatic carbocycles. The second-order valence-corrected chi connectivity index (χ2v) is 4.96. The first kappa shape index (κ1) is 14.2. The van der Waals surface area contributed by atoms with Crippen molar-refractivity contribution in [3.8, 4) is 0 Å². The monoisotopic (exact) mass is 296 g/mol. The zero-order chi connectivity index (χ0) is 14.7. The van der Waals surface area contributed by atoms with Gasteiger partial charge in [0.15, 0.2) is 0 Å². The number of rotatable bonds is 5. The number of thioether (sulfide) groups is 1. The Kier molecular flexibility index (Phi) is 4.14. The number of carboxylic acids is 1. The van der Waals surface area contributed by atoms with Crippen LogP contribution in [0.5, 0.6) is 0 Å². The van der Waals surface area contributed by atoms with E-state index in [2.05, 4.69) is 4.98 Å². The first-order valence-electron chi connectivity index (χ1n) is 5.57. The van der Waals surface area contributed by atoms with Gasteiger partial charge in [-0.1, -0.05) is 0 Å². The highest BCUT2D eigenvalue weighted by molar-refractivity contribution is 7.99. The molecule has 8 heteroatoms. The number of aliphatic carboxylic acids is 1. The van der Waals surface area contributed by atoms with Gasteiger partial charge < -0.3 is 5.11 Å². The van der Waals surface area contributed by atoms with Crippen LogP contribution in [0.4, 0.5) is 10.1 Å². The number of hydrogen-bond acceptors (Lipinski definition) is 5. The number of carboxylic acid groups (broad SMARTS) is 1. The fraction of sp³-hybridized carbons (Fsp3) is 0.167. The van der Waals surface area contributed by atoms with Crippen LogP contribution in [-0.2, 0) is 4.79 Å². The lowest BCUT2D eigenvalue weighted by atomic mass is 10.2. The molecule has 6 nitrogen and oxygen atoms in total. The second-order valence-electron chi connectivity index (χ2n) is 3.86. The molecule has 0 fully saturated rings. The average molecular weight is 296 g/mol. The summed E-state index contributed by atoms with van der Waals surface area (Å²) >= 11 is 0.984. The molecule has 0 saturated heterocycles. The minimum absolute atomic E-state index is 0.130. The summed E-state index contributed by atoms with van der Waals surface area (Å²) in [7, 11) is 0. The summed E-state index contributed by atoms with van der Waals surface area (Å²) in [6.07, 6.45) is 1.28. The van der Waals surface area contributed by atoms with Crippen LogP contribution in [0.1, 0.15) is 6.42 Å². The highest BCUT2D eigenvalue weighted by atomic mass is 32.2. The number of pyridine rings is 1. The highest BCUT2D eigenvalue weighted by Crippen LogP contribution is 2.35. The number of hydrogen-bond donors (Lipinski definition) is 1. The Morgan fingerprint density at radius 1 is 1.55 bits per heavy atom. The molecule has 0 saturated carbocycles. The molecule has 0 aliphatic rings. The fourth-order valence-corrected chi connectivity index (χ4v) is 2.68. The molecule has 0 unspecified atom stereocenters. The Hall–Kier alpha value is -2.22. The van der Waals surface area contributed by atoms with Crippen LogP contribution in [0, 0.1) is 15.9 Å². The highest BCUT2D eigenvalue weighted by Gasteiger charge is 2.20. The molecule has 104 valence electrons. The summed E-state index contributed by atoms with van der Waals surface area (Å²) in [6, 6.07) is 3.85. The molecule has 0 radical (unpaired) electrons. The summed E-state index contributed by atoms with van der Waals surface area (Å²) < 4.78 is 14.0. The van der Waals surface area contributed by atoms with E-state index in [-0.39, 0.29) is 33.7 Å². The molecular weight excluding hydrogens is 287 g/mol. The van der Waals surface area contributed by atoms with Gasteiger partial charge >= 0.3 is 5.97 Å². The van der Waals surface area contributed by atoms with E-state index in [1.807, 2.05) is 0 Å². The SMILES string of the molecule is O=C(O)CCSc1c(F)cc([N+](=O)[O-])c2cccnc12. The van der Waals surface area contributed by atoms with Gasteiger partial charge in [0, 0.05) is 11.9 Å². The minimum atomic E-state index is -0.989. The standard InChI is InChI=1S/C12H9FN2O4S/c13-8-6-9(15(18)19)7-2-1-4-14-11(7)12(8)20-5-3-10(16)17/h1-2,4,6H,3,5H2,(H,16,17). The topological polar surface area (TPSA) is 93.3 Å². The van der Waals surface area contributed by atoms with Crippen molar-refractivity contribution in [2.24, 2.45) is 0 Å². The maximum atomic E-state index is 14.0. The average Bonchev–Trinajstić information content (AvgIpc) is 2.40. The van der Waals surface area contributed by atoms with Crippen molar-refractivity contribution in [3.63, 3.8) is 0 Å². The number of nitro benzene ring substituents is 1. The normalized spacial score (nSPS) is 10.7. The molecule has 0 atom stereocenters. The molecule has 2 rings (SSSR count). The number of non-ortho nitro benzene ring substituents is 1. The van der Waals surface area contributed by atoms with Crippen LogP contribution in [-0.4, -0.2) is 26.7 Å². The Labute approximate surface area is 116 Å². The molecule has 20 heavy (non-hydrogen) atoms. The van der Waals surface area contributed by atoms with E-state index in [9.17, 15) is 19.3 Å². The molecule has 2 aromatic rings. The van der Waals surface area contributed by atoms with E-state index in [0.717, 1.165) is 17.8 Å². The summed E-state index contributed by atoms with van der Waals surface area (Å²) in [5, 5.41) is 19.7. The number of aromatic nitrogens is 1. The number of halogens is 1. The number of nitrogens with zero attached hydrogens (tertiary/aromatic N) is 2. The molecule has 0 bridgehead atoms. The molecule has 0 aliphatic heterocycles. The van der Waals surface area contributed by atoms with Crippen molar-refractivity contribution in [1.29, 1.82) is 0 Å². The third kappa shape index (κ3) is 2.85. The van der Waals surface area contributed by atoms with Crippen molar-refractivity contribution < 1.29 is 19.2 Å². The van der Waals surface area contributed by atoms with Gasteiger partial charge in [0.1, 0.15) is 5.82 Å². The Morgan fingerprint density at radius 2 is 2.30 bits per heavy atom. The maximum absolute atomic E-state index is 14.0. The van der Waals surface area contributed by atoms with Gasteiger partial charge in [0.25, 0.3) is 5.69 Å². The van der Waals surface area contributed by atoms with Crippen molar-refractivity contribution in [3.05, 3.63) is 40.3 Å². The van der Waals surface area contributed by atoms with E-state index in [4.69, 9.17) is 5.11 Å². The van der Waals surface area contributed by atoms with Gasteiger partial charge in [-0.3, -0.25) is 19.9 Å². The zero-order valence-electron chi connectivity index (χ0n) is 10.1. The number of carbonyl (C=O) groups is 1. The summed E-state index contributed by atoms with van der Waals surface area (Å²) in [5.41, 5.74) is -0.178. The predicted octanol–water partition coefficient (Wildman–Crippen LogP) is 2.85. The fourth-order valence-electron chi connectivity index (χ4n) is 1.70. The molecule has 1 aromatic carbocycles. The van der Waals surface area contributed by atoms with Crippen LogP contribution in [0.2, 0.25) is 0 Å². The maximum Gasteiger partial charge on any atom is 0.304 e. The first-order chi connectivity index (χ1) is 9.50. The van der Waals surface area contributed by atoms with Crippen LogP contribution in [0.25, 0.3) is 10.9 Å². The van der Waals surface area contributed by atoms with Crippen molar-refractivity contribution in [2.75, 3.05) is 5.75 Å². The molecule has 0 amide bonds. The van der Waals surface area contributed by atoms with Crippen molar-refractivity contribution in [2.45, 2.75) is 11.3 Å². The summed E-state index contributed by atoms with van der Waals surface area (Å²) in [5.74, 6) is -1.59. The predicted molar refractivity (Wildman–Crippen MR) is 71.3 cm³/mol. The molecule has 1 aromatic heterocycles. The Balaban J connectivity index is 2.49. The van der Waals surface area contributed by atoms with Crippen LogP contribution in [0.15, 0.2) is 29.3 Å². The van der Waals surface area contributed by atoms with Gasteiger partial charge in [-0.05, 0) is 12.1 Å². The minimum Gasteiger partial charge on any atom is -0.481 e. The van der Waals surface area contributed by atoms with Crippen molar-refractivity contribution in [1.82, 2.24) is 4.98 Å². The van der Waals surface area contributed by atoms with Gasteiger partial charge in [-0.15, -0.1) is 11.8 Å². The zero-order valence-corrected chi connectivity index (χ0v) is 10.9. The smallest absolute Gasteiger partial charge is 0.304 e. The summed E-state index contributed by atoms with van der Waals surface area (Å²) in [4.78, 5) is 24.8. The lowest BCUT2D eigenvalue weighted by Gasteiger charge is -2.07. The van der Waals surface area contributed by atoms with E-state index < -0.39 is 16.7 Å². The molecular formula is C12H9FN2O4S. The third-order valence-corrected chi connectivity index (χ3v) is 3.62.